The Morgan fingerprint density at radius 3 is 2.76 bits per heavy atom. The minimum Gasteiger partial charge on any atom is -0.327 e. The third-order valence-electron chi connectivity index (χ3n) is 3.84. The van der Waals surface area contributed by atoms with Crippen LogP contribution in [0.5, 0.6) is 0 Å². The summed E-state index contributed by atoms with van der Waals surface area (Å²) in [6.45, 7) is 4.60. The van der Waals surface area contributed by atoms with Crippen LogP contribution in [0.3, 0.4) is 0 Å². The number of carbonyl (C=O) groups is 1. The lowest BCUT2D eigenvalue weighted by Crippen LogP contribution is -3.14. The van der Waals surface area contributed by atoms with Gasteiger partial charge in [0, 0.05) is 12.2 Å². The van der Waals surface area contributed by atoms with Crippen molar-refractivity contribution >= 4 is 21.4 Å². The summed E-state index contributed by atoms with van der Waals surface area (Å²) in [4.78, 5) is 13.6. The zero-order chi connectivity index (χ0) is 15.5. The Morgan fingerprint density at radius 2 is 2.10 bits per heavy atom. The number of likely N-dealkylation sites (tertiary alicyclic amines) is 1. The minimum atomic E-state index is -3.34. The van der Waals surface area contributed by atoms with Crippen molar-refractivity contribution in [3.05, 3.63) is 24.3 Å². The molecule has 0 saturated carbocycles. The Labute approximate surface area is 126 Å². The minimum absolute atomic E-state index is 0.129. The van der Waals surface area contributed by atoms with Crippen LogP contribution in [0.4, 0.5) is 5.69 Å². The number of sulfone groups is 1. The van der Waals surface area contributed by atoms with Gasteiger partial charge in [-0.25, -0.2) is 8.42 Å². The van der Waals surface area contributed by atoms with Crippen LogP contribution in [0.15, 0.2) is 29.2 Å². The second kappa shape index (κ2) is 6.58. The van der Waals surface area contributed by atoms with E-state index in [2.05, 4.69) is 12.2 Å². The van der Waals surface area contributed by atoms with Gasteiger partial charge in [0.2, 0.25) is 0 Å². The van der Waals surface area contributed by atoms with Gasteiger partial charge >= 0.3 is 0 Å². The molecule has 0 aliphatic carbocycles. The molecule has 1 unspecified atom stereocenters. The quantitative estimate of drug-likeness (QED) is 0.843. The first-order valence-corrected chi connectivity index (χ1v) is 9.18. The molecule has 1 aromatic carbocycles. The lowest BCUT2D eigenvalue weighted by molar-refractivity contribution is -0.900. The van der Waals surface area contributed by atoms with Crippen LogP contribution in [0.25, 0.3) is 0 Å². The van der Waals surface area contributed by atoms with E-state index >= 15 is 0 Å². The number of piperidine rings is 1. The molecule has 6 heteroatoms. The summed E-state index contributed by atoms with van der Waals surface area (Å²) >= 11 is 0. The molecule has 1 aliphatic heterocycles. The number of hydrogen-bond donors (Lipinski definition) is 2. The third kappa shape index (κ3) is 4.54. The van der Waals surface area contributed by atoms with E-state index in [0.29, 0.717) is 18.2 Å². The van der Waals surface area contributed by atoms with Gasteiger partial charge in [0.05, 0.1) is 23.7 Å². The van der Waals surface area contributed by atoms with Gasteiger partial charge in [-0.1, -0.05) is 19.1 Å². The van der Waals surface area contributed by atoms with E-state index in [4.69, 9.17) is 0 Å². The fraction of sp³-hybridized carbons (Fsp3) is 0.533. The number of benzene rings is 1. The summed E-state index contributed by atoms with van der Waals surface area (Å²) in [5.74, 6) is 0.514. The Kier molecular flexibility index (Phi) is 5.00. The molecule has 5 nitrogen and oxygen atoms in total. The van der Waals surface area contributed by atoms with E-state index in [1.807, 2.05) is 0 Å². The zero-order valence-corrected chi connectivity index (χ0v) is 13.4. The molecule has 1 aliphatic rings. The van der Waals surface area contributed by atoms with Crippen LogP contribution in [0.2, 0.25) is 0 Å². The van der Waals surface area contributed by atoms with Crippen molar-refractivity contribution in [2.45, 2.75) is 24.7 Å². The molecule has 2 N–H and O–H groups in total. The summed E-state index contributed by atoms with van der Waals surface area (Å²) < 4.78 is 23.4. The van der Waals surface area contributed by atoms with Gasteiger partial charge in [0.15, 0.2) is 16.4 Å². The van der Waals surface area contributed by atoms with Crippen molar-refractivity contribution in [3.63, 3.8) is 0 Å². The van der Waals surface area contributed by atoms with Gasteiger partial charge in [-0.2, -0.15) is 0 Å². The SMILES string of the molecule is C[C@H]1CCC[NH+](CC(=O)Nc2ccccc2S(C)(=O)=O)C1. The molecule has 116 valence electrons. The smallest absolute Gasteiger partial charge is 0.279 e. The second-order valence-corrected chi connectivity index (χ2v) is 7.93. The first kappa shape index (κ1) is 16.0. The summed E-state index contributed by atoms with van der Waals surface area (Å²) in [5.41, 5.74) is 0.370. The van der Waals surface area contributed by atoms with Gasteiger partial charge in [0.25, 0.3) is 5.91 Å². The molecule has 1 amide bonds. The highest BCUT2D eigenvalue weighted by molar-refractivity contribution is 7.90. The molecule has 0 spiro atoms. The van der Waals surface area contributed by atoms with E-state index in [-0.39, 0.29) is 10.8 Å². The van der Waals surface area contributed by atoms with Crippen molar-refractivity contribution in [3.8, 4) is 0 Å². The summed E-state index contributed by atoms with van der Waals surface area (Å²) in [7, 11) is -3.34. The van der Waals surface area contributed by atoms with Gasteiger partial charge in [-0.3, -0.25) is 4.79 Å². The molecule has 0 radical (unpaired) electrons. The van der Waals surface area contributed by atoms with Crippen LogP contribution in [0, 0.1) is 5.92 Å². The number of nitrogens with one attached hydrogen (secondary N) is 2. The Balaban J connectivity index is 2.03. The van der Waals surface area contributed by atoms with Crippen LogP contribution >= 0.6 is 0 Å². The third-order valence-corrected chi connectivity index (χ3v) is 4.99. The fourth-order valence-corrected chi connectivity index (χ4v) is 3.72. The fourth-order valence-electron chi connectivity index (χ4n) is 2.87. The standard InChI is InChI=1S/C15H22N2O3S/c1-12-6-5-9-17(10-12)11-15(18)16-13-7-3-4-8-14(13)21(2,19)20/h3-4,7-8,12H,5-6,9-11H2,1-2H3,(H,16,18)/p+1/t12-/m0/s1. The molecule has 1 saturated heterocycles. The molecular formula is C15H23N2O3S+. The van der Waals surface area contributed by atoms with Gasteiger partial charge < -0.3 is 10.2 Å². The molecular weight excluding hydrogens is 288 g/mol. The van der Waals surface area contributed by atoms with Crippen molar-refractivity contribution in [1.29, 1.82) is 0 Å². The summed E-state index contributed by atoms with van der Waals surface area (Å²) in [6.07, 6.45) is 3.52. The van der Waals surface area contributed by atoms with Gasteiger partial charge in [-0.15, -0.1) is 0 Å². The topological polar surface area (TPSA) is 67.7 Å². The average molecular weight is 311 g/mol. The maximum atomic E-state index is 12.1. The lowest BCUT2D eigenvalue weighted by Gasteiger charge is -2.27. The molecule has 21 heavy (non-hydrogen) atoms. The Hall–Kier alpha value is -1.40. The second-order valence-electron chi connectivity index (χ2n) is 5.94. The van der Waals surface area contributed by atoms with Crippen LogP contribution < -0.4 is 10.2 Å². The highest BCUT2D eigenvalue weighted by Crippen LogP contribution is 2.20. The van der Waals surface area contributed by atoms with Crippen molar-refractivity contribution < 1.29 is 18.1 Å². The number of rotatable bonds is 4. The predicted octanol–water partition coefficient (Wildman–Crippen LogP) is 0.343. The zero-order valence-electron chi connectivity index (χ0n) is 12.6. The number of hydrogen-bond acceptors (Lipinski definition) is 3. The number of anilines is 1. The van der Waals surface area contributed by atoms with Gasteiger partial charge in [0.1, 0.15) is 0 Å². The molecule has 1 fully saturated rings. The van der Waals surface area contributed by atoms with E-state index in [1.165, 1.54) is 17.4 Å². The Morgan fingerprint density at radius 1 is 1.38 bits per heavy atom. The average Bonchev–Trinajstić information content (AvgIpc) is 2.37. The first-order chi connectivity index (χ1) is 9.86. The number of quaternary nitrogens is 1. The van der Waals surface area contributed by atoms with Gasteiger partial charge in [-0.05, 0) is 25.0 Å². The van der Waals surface area contributed by atoms with Crippen molar-refractivity contribution in [2.75, 3.05) is 31.2 Å². The number of carbonyl (C=O) groups excluding carboxylic acids is 1. The van der Waals surface area contributed by atoms with Crippen molar-refractivity contribution in [2.24, 2.45) is 5.92 Å². The first-order valence-electron chi connectivity index (χ1n) is 7.29. The summed E-state index contributed by atoms with van der Waals surface area (Å²) in [5, 5.41) is 2.74. The number of amides is 1. The van der Waals surface area contributed by atoms with Crippen LogP contribution in [-0.4, -0.2) is 40.2 Å². The maximum absolute atomic E-state index is 12.1. The largest absolute Gasteiger partial charge is 0.327 e. The lowest BCUT2D eigenvalue weighted by atomic mass is 10.0. The molecule has 1 aromatic rings. The summed E-state index contributed by atoms with van der Waals surface area (Å²) in [6, 6.07) is 6.52. The molecule has 0 bridgehead atoms. The molecule has 0 aromatic heterocycles. The normalized spacial score (nSPS) is 22.8. The molecule has 2 rings (SSSR count). The monoisotopic (exact) mass is 311 g/mol. The Bertz CT molecular complexity index is 613. The highest BCUT2D eigenvalue weighted by Gasteiger charge is 2.23. The maximum Gasteiger partial charge on any atom is 0.279 e. The predicted molar refractivity (Wildman–Crippen MR) is 82.1 cm³/mol. The van der Waals surface area contributed by atoms with E-state index in [0.717, 1.165) is 25.8 Å². The van der Waals surface area contributed by atoms with E-state index in [1.54, 1.807) is 18.2 Å². The molecule has 2 atom stereocenters. The van der Waals surface area contributed by atoms with E-state index in [9.17, 15) is 13.2 Å². The van der Waals surface area contributed by atoms with Crippen LogP contribution in [0.1, 0.15) is 19.8 Å². The van der Waals surface area contributed by atoms with Crippen LogP contribution in [-0.2, 0) is 14.6 Å². The van der Waals surface area contributed by atoms with E-state index < -0.39 is 9.84 Å². The van der Waals surface area contributed by atoms with Crippen molar-refractivity contribution in [1.82, 2.24) is 0 Å². The molecule has 1 heterocycles. The number of para-hydroxylation sites is 1. The highest BCUT2D eigenvalue weighted by atomic mass is 32.2.